The predicted octanol–water partition coefficient (Wildman–Crippen LogP) is 2.41. The lowest BCUT2D eigenvalue weighted by Crippen LogP contribution is -2.12. The molecule has 0 fully saturated rings. The Morgan fingerprint density at radius 2 is 2.28 bits per heavy atom. The van der Waals surface area contributed by atoms with Gasteiger partial charge in [0.2, 0.25) is 0 Å². The number of thiazole rings is 1. The minimum absolute atomic E-state index is 0.170. The van der Waals surface area contributed by atoms with Crippen LogP contribution in [0.5, 0.6) is 0 Å². The zero-order chi connectivity index (χ0) is 13.0. The first-order valence-electron chi connectivity index (χ1n) is 6.11. The van der Waals surface area contributed by atoms with Crippen molar-refractivity contribution in [3.05, 3.63) is 34.3 Å². The summed E-state index contributed by atoms with van der Waals surface area (Å²) in [6, 6.07) is 0. The molecule has 0 saturated heterocycles. The minimum atomic E-state index is 0.170. The van der Waals surface area contributed by atoms with Crippen LogP contribution in [0.1, 0.15) is 29.9 Å². The summed E-state index contributed by atoms with van der Waals surface area (Å²) >= 11 is 1.58. The van der Waals surface area contributed by atoms with Crippen LogP contribution < -0.4 is 0 Å². The number of carbonyl (C=O) groups excluding carboxylic acids is 1. The van der Waals surface area contributed by atoms with E-state index in [4.69, 9.17) is 0 Å². The fourth-order valence-electron chi connectivity index (χ4n) is 1.88. The van der Waals surface area contributed by atoms with Gasteiger partial charge >= 0.3 is 0 Å². The zero-order valence-corrected chi connectivity index (χ0v) is 11.5. The summed E-state index contributed by atoms with van der Waals surface area (Å²) in [5, 5.41) is 2.96. The molecule has 5 heteroatoms. The molecule has 0 N–H and O–H groups in total. The molecule has 0 saturated carbocycles. The van der Waals surface area contributed by atoms with Crippen molar-refractivity contribution in [2.45, 2.75) is 39.7 Å². The zero-order valence-electron chi connectivity index (χ0n) is 10.7. The lowest BCUT2D eigenvalue weighted by atomic mass is 10.2. The standard InChI is InChI=1S/C13H17N3OS/c1-3-5-16-6-4-14-13(16)8-12(17)7-11-9-18-10(2)15-11/h4,6,9H,3,5,7-8H2,1-2H3. The Balaban J connectivity index is 1.96. The molecule has 18 heavy (non-hydrogen) atoms. The van der Waals surface area contributed by atoms with Crippen LogP contribution in [-0.2, 0) is 24.2 Å². The molecule has 0 aliphatic heterocycles. The summed E-state index contributed by atoms with van der Waals surface area (Å²) in [4.78, 5) is 20.5. The summed E-state index contributed by atoms with van der Waals surface area (Å²) in [7, 11) is 0. The van der Waals surface area contributed by atoms with Crippen molar-refractivity contribution in [3.8, 4) is 0 Å². The van der Waals surface area contributed by atoms with Gasteiger partial charge in [-0.25, -0.2) is 9.97 Å². The highest BCUT2D eigenvalue weighted by atomic mass is 32.1. The lowest BCUT2D eigenvalue weighted by molar-refractivity contribution is -0.118. The Bertz CT molecular complexity index is 530. The summed E-state index contributed by atoms with van der Waals surface area (Å²) < 4.78 is 2.05. The van der Waals surface area contributed by atoms with Crippen molar-refractivity contribution in [2.24, 2.45) is 0 Å². The summed E-state index contributed by atoms with van der Waals surface area (Å²) in [5.74, 6) is 1.03. The molecule has 0 spiro atoms. The van der Waals surface area contributed by atoms with Crippen molar-refractivity contribution in [1.82, 2.24) is 14.5 Å². The molecule has 0 unspecified atom stereocenters. The molecule has 4 nitrogen and oxygen atoms in total. The molecule has 0 bridgehead atoms. The molecule has 2 aromatic heterocycles. The van der Waals surface area contributed by atoms with Gasteiger partial charge in [-0.2, -0.15) is 0 Å². The lowest BCUT2D eigenvalue weighted by Gasteiger charge is -2.04. The topological polar surface area (TPSA) is 47.8 Å². The number of hydrogen-bond acceptors (Lipinski definition) is 4. The van der Waals surface area contributed by atoms with Gasteiger partial charge in [0.1, 0.15) is 11.6 Å². The van der Waals surface area contributed by atoms with Gasteiger partial charge in [0.25, 0.3) is 0 Å². The number of aromatic nitrogens is 3. The van der Waals surface area contributed by atoms with Crippen LogP contribution in [0.2, 0.25) is 0 Å². The van der Waals surface area contributed by atoms with Crippen LogP contribution in [0.3, 0.4) is 0 Å². The Labute approximate surface area is 111 Å². The molecule has 0 aliphatic rings. The van der Waals surface area contributed by atoms with Crippen molar-refractivity contribution in [3.63, 3.8) is 0 Å². The maximum atomic E-state index is 12.0. The van der Waals surface area contributed by atoms with Crippen molar-refractivity contribution in [2.75, 3.05) is 0 Å². The van der Waals surface area contributed by atoms with E-state index >= 15 is 0 Å². The molecule has 96 valence electrons. The predicted molar refractivity (Wildman–Crippen MR) is 71.8 cm³/mol. The quantitative estimate of drug-likeness (QED) is 0.804. The highest BCUT2D eigenvalue weighted by molar-refractivity contribution is 7.09. The largest absolute Gasteiger partial charge is 0.335 e. The molecule has 2 rings (SSSR count). The second kappa shape index (κ2) is 5.91. The number of hydrogen-bond donors (Lipinski definition) is 0. The molecule has 0 aliphatic carbocycles. The Hall–Kier alpha value is -1.49. The first-order chi connectivity index (χ1) is 8.69. The van der Waals surface area contributed by atoms with Crippen LogP contribution in [0.15, 0.2) is 17.8 Å². The maximum Gasteiger partial charge on any atom is 0.146 e. The molecule has 0 radical (unpaired) electrons. The molecular weight excluding hydrogens is 246 g/mol. The van der Waals surface area contributed by atoms with Crippen LogP contribution in [0.4, 0.5) is 0 Å². The fraction of sp³-hybridized carbons (Fsp3) is 0.462. The van der Waals surface area contributed by atoms with Crippen molar-refractivity contribution >= 4 is 17.1 Å². The third-order valence-corrected chi connectivity index (χ3v) is 3.49. The van der Waals surface area contributed by atoms with Gasteiger partial charge < -0.3 is 4.57 Å². The van der Waals surface area contributed by atoms with Gasteiger partial charge in [-0.3, -0.25) is 4.79 Å². The van der Waals surface area contributed by atoms with Crippen LogP contribution in [0, 0.1) is 6.92 Å². The highest BCUT2D eigenvalue weighted by Crippen LogP contribution is 2.10. The van der Waals surface area contributed by atoms with Gasteiger partial charge in [-0.15, -0.1) is 11.3 Å². The minimum Gasteiger partial charge on any atom is -0.335 e. The van der Waals surface area contributed by atoms with Crippen LogP contribution in [-0.4, -0.2) is 20.3 Å². The Kier molecular flexibility index (Phi) is 4.25. The van der Waals surface area contributed by atoms with E-state index in [0.29, 0.717) is 12.8 Å². The second-order valence-electron chi connectivity index (χ2n) is 4.29. The monoisotopic (exact) mass is 263 g/mol. The average molecular weight is 263 g/mol. The molecule has 2 heterocycles. The van der Waals surface area contributed by atoms with E-state index in [-0.39, 0.29) is 5.78 Å². The normalized spacial score (nSPS) is 10.8. The number of aryl methyl sites for hydroxylation is 2. The third kappa shape index (κ3) is 3.26. The number of rotatable bonds is 6. The first-order valence-corrected chi connectivity index (χ1v) is 6.99. The van der Waals surface area contributed by atoms with E-state index in [1.54, 1.807) is 17.5 Å². The maximum absolute atomic E-state index is 12.0. The van der Waals surface area contributed by atoms with E-state index in [1.807, 2.05) is 23.1 Å². The molecule has 0 amide bonds. The van der Waals surface area contributed by atoms with Gasteiger partial charge in [0.05, 0.1) is 17.1 Å². The van der Waals surface area contributed by atoms with Crippen LogP contribution in [0.25, 0.3) is 0 Å². The number of imidazole rings is 1. The number of carbonyl (C=O) groups is 1. The second-order valence-corrected chi connectivity index (χ2v) is 5.35. The van der Waals surface area contributed by atoms with Gasteiger partial charge in [-0.1, -0.05) is 6.92 Å². The molecule has 0 atom stereocenters. The summed E-state index contributed by atoms with van der Waals surface area (Å²) in [5.41, 5.74) is 0.871. The van der Waals surface area contributed by atoms with Crippen LogP contribution >= 0.6 is 11.3 Å². The summed E-state index contributed by atoms with van der Waals surface area (Å²) in [6.07, 6.45) is 5.53. The van der Waals surface area contributed by atoms with Gasteiger partial charge in [0.15, 0.2) is 0 Å². The van der Waals surface area contributed by atoms with Crippen molar-refractivity contribution < 1.29 is 4.79 Å². The smallest absolute Gasteiger partial charge is 0.146 e. The van der Waals surface area contributed by atoms with Gasteiger partial charge in [-0.05, 0) is 13.3 Å². The van der Waals surface area contributed by atoms with E-state index in [9.17, 15) is 4.79 Å². The molecule has 0 aromatic carbocycles. The van der Waals surface area contributed by atoms with E-state index in [0.717, 1.165) is 29.5 Å². The fourth-order valence-corrected chi connectivity index (χ4v) is 2.49. The SMILES string of the molecule is CCCn1ccnc1CC(=O)Cc1csc(C)n1. The van der Waals surface area contributed by atoms with E-state index in [2.05, 4.69) is 16.9 Å². The average Bonchev–Trinajstić information content (AvgIpc) is 2.90. The first kappa shape index (κ1) is 13.0. The molecule has 2 aromatic rings. The number of Topliss-reactive ketones (excluding diaryl/α,β-unsaturated/α-hetero) is 1. The number of nitrogens with zero attached hydrogens (tertiary/aromatic N) is 3. The Morgan fingerprint density at radius 1 is 1.44 bits per heavy atom. The van der Waals surface area contributed by atoms with E-state index in [1.165, 1.54) is 0 Å². The third-order valence-electron chi connectivity index (χ3n) is 2.67. The van der Waals surface area contributed by atoms with Crippen molar-refractivity contribution in [1.29, 1.82) is 0 Å². The van der Waals surface area contributed by atoms with E-state index < -0.39 is 0 Å². The number of ketones is 1. The van der Waals surface area contributed by atoms with Gasteiger partial charge in [0, 0.05) is 30.7 Å². The Morgan fingerprint density at radius 3 is 2.94 bits per heavy atom. The molecular formula is C13H17N3OS. The highest BCUT2D eigenvalue weighted by Gasteiger charge is 2.11. The summed E-state index contributed by atoms with van der Waals surface area (Å²) in [6.45, 7) is 4.98.